The Kier molecular flexibility index (Phi) is 9.59. The molecule has 0 aliphatic carbocycles. The SMILES string of the molecule is O=C(Br)[C@@](O)(Cc1ccccc1)[C@](O)(Cc1ccccc1)[C@@](O)(Cc1ccccc1)[C@](O)(CO)Cc1ccccc1. The average Bonchev–Trinajstić information content (AvgIpc) is 2.98. The molecule has 0 saturated heterocycles. The summed E-state index contributed by atoms with van der Waals surface area (Å²) in [4.78, 5) is 13.4. The Morgan fingerprint density at radius 1 is 0.512 bits per heavy atom. The lowest BCUT2D eigenvalue weighted by molar-refractivity contribution is -0.297. The highest BCUT2D eigenvalue weighted by Crippen LogP contribution is 2.48. The molecule has 0 aliphatic rings. The first-order chi connectivity index (χ1) is 19.6. The average molecular weight is 620 g/mol. The minimum absolute atomic E-state index is 0.275. The Morgan fingerprint density at radius 3 is 1.17 bits per heavy atom. The summed E-state index contributed by atoms with van der Waals surface area (Å²) in [5.41, 5.74) is -8.36. The molecule has 0 amide bonds. The smallest absolute Gasteiger partial charge is 0.232 e. The van der Waals surface area contributed by atoms with Crippen molar-refractivity contribution in [3.05, 3.63) is 144 Å². The van der Waals surface area contributed by atoms with E-state index < -0.39 is 46.5 Å². The van der Waals surface area contributed by atoms with Crippen LogP contribution in [0.25, 0.3) is 0 Å². The minimum Gasteiger partial charge on any atom is -0.393 e. The van der Waals surface area contributed by atoms with Crippen LogP contribution in [0.15, 0.2) is 121 Å². The summed E-state index contributed by atoms with van der Waals surface area (Å²) in [5, 5.41) is 61.2. The number of hydrogen-bond donors (Lipinski definition) is 5. The van der Waals surface area contributed by atoms with Gasteiger partial charge in [-0.3, -0.25) is 4.79 Å². The van der Waals surface area contributed by atoms with E-state index in [1.165, 1.54) is 0 Å². The highest BCUT2D eigenvalue weighted by Gasteiger charge is 2.70. The Morgan fingerprint density at radius 2 is 0.829 bits per heavy atom. The van der Waals surface area contributed by atoms with E-state index in [9.17, 15) is 30.3 Å². The fraction of sp³-hybridized carbons (Fsp3) is 0.265. The molecule has 4 atom stereocenters. The molecule has 7 heteroatoms. The Labute approximate surface area is 248 Å². The maximum Gasteiger partial charge on any atom is 0.232 e. The quantitative estimate of drug-likeness (QED) is 0.146. The molecule has 4 aromatic carbocycles. The van der Waals surface area contributed by atoms with Gasteiger partial charge in [0.15, 0.2) is 5.60 Å². The van der Waals surface area contributed by atoms with Crippen LogP contribution < -0.4 is 0 Å². The number of rotatable bonds is 13. The number of aliphatic hydroxyl groups excluding tert-OH is 1. The Balaban J connectivity index is 2.00. The number of hydrogen-bond acceptors (Lipinski definition) is 6. The largest absolute Gasteiger partial charge is 0.393 e. The zero-order chi connectivity index (χ0) is 29.6. The molecule has 0 heterocycles. The van der Waals surface area contributed by atoms with Crippen molar-refractivity contribution in [3.63, 3.8) is 0 Å². The highest BCUT2D eigenvalue weighted by atomic mass is 79.9. The summed E-state index contributed by atoms with van der Waals surface area (Å²) < 4.78 is -0.973. The van der Waals surface area contributed by atoms with Crippen LogP contribution in [0, 0.1) is 0 Å². The molecule has 0 spiro atoms. The topological polar surface area (TPSA) is 118 Å². The van der Waals surface area contributed by atoms with Gasteiger partial charge in [-0.05, 0) is 38.2 Å². The van der Waals surface area contributed by atoms with Crippen LogP contribution in [0.1, 0.15) is 22.3 Å². The Bertz CT molecular complexity index is 1400. The van der Waals surface area contributed by atoms with E-state index in [0.717, 1.165) is 0 Å². The molecule has 6 nitrogen and oxygen atoms in total. The van der Waals surface area contributed by atoms with E-state index in [-0.39, 0.29) is 12.8 Å². The molecular formula is C34H35BrO6. The van der Waals surface area contributed by atoms with E-state index in [0.29, 0.717) is 22.3 Å². The number of carbonyl (C=O) groups excluding carboxylic acids is 1. The lowest BCUT2D eigenvalue weighted by Crippen LogP contribution is -2.80. The number of halogens is 1. The number of carbonyl (C=O) groups is 1. The molecule has 0 aromatic heterocycles. The van der Waals surface area contributed by atoms with E-state index in [1.807, 2.05) is 0 Å². The van der Waals surface area contributed by atoms with Crippen LogP contribution >= 0.6 is 15.9 Å². The molecule has 4 aromatic rings. The van der Waals surface area contributed by atoms with Crippen molar-refractivity contribution in [2.45, 2.75) is 48.1 Å². The van der Waals surface area contributed by atoms with Crippen LogP contribution in [-0.4, -0.2) is 59.2 Å². The van der Waals surface area contributed by atoms with Gasteiger partial charge in [-0.2, -0.15) is 0 Å². The van der Waals surface area contributed by atoms with Gasteiger partial charge in [-0.25, -0.2) is 0 Å². The molecule has 0 aliphatic heterocycles. The molecule has 0 unspecified atom stereocenters. The van der Waals surface area contributed by atoms with Crippen molar-refractivity contribution in [2.75, 3.05) is 6.61 Å². The van der Waals surface area contributed by atoms with E-state index in [1.54, 1.807) is 121 Å². The van der Waals surface area contributed by atoms with Gasteiger partial charge in [0.1, 0.15) is 16.8 Å². The molecule has 4 rings (SSSR count). The van der Waals surface area contributed by atoms with Crippen molar-refractivity contribution in [3.8, 4) is 0 Å². The van der Waals surface area contributed by atoms with Gasteiger partial charge in [-0.1, -0.05) is 121 Å². The third-order valence-corrected chi connectivity index (χ3v) is 8.63. The maximum absolute atomic E-state index is 13.4. The van der Waals surface area contributed by atoms with Crippen molar-refractivity contribution in [1.29, 1.82) is 0 Å². The molecular weight excluding hydrogens is 584 g/mol. The van der Waals surface area contributed by atoms with Crippen LogP contribution in [-0.2, 0) is 30.5 Å². The van der Waals surface area contributed by atoms with Gasteiger partial charge in [0.25, 0.3) is 0 Å². The fourth-order valence-electron chi connectivity index (χ4n) is 5.65. The van der Waals surface area contributed by atoms with Gasteiger partial charge in [0.2, 0.25) is 4.69 Å². The summed E-state index contributed by atoms with van der Waals surface area (Å²) >= 11 is 2.93. The van der Waals surface area contributed by atoms with E-state index >= 15 is 0 Å². The summed E-state index contributed by atoms with van der Waals surface area (Å²) in [6, 6.07) is 34.8. The van der Waals surface area contributed by atoms with Gasteiger partial charge in [-0.15, -0.1) is 0 Å². The second kappa shape index (κ2) is 12.8. The Hall–Kier alpha value is -3.17. The van der Waals surface area contributed by atoms with Crippen molar-refractivity contribution in [2.24, 2.45) is 0 Å². The summed E-state index contributed by atoms with van der Waals surface area (Å²) in [7, 11) is 0. The standard InChI is InChI=1S/C34H35BrO6/c35-30(37)32(39,22-27-15-7-2-8-16-27)34(41,24-29-19-11-4-12-20-29)33(40,23-28-17-9-3-10-18-28)31(38,25-36)21-26-13-5-1-6-14-26/h1-20,36,38-41H,21-25H2/t31-,32+,33-,34-/m1/s1. The molecule has 0 radical (unpaired) electrons. The third-order valence-electron chi connectivity index (χ3n) is 7.97. The summed E-state index contributed by atoms with van der Waals surface area (Å²) in [5.74, 6) is 0. The molecule has 0 bridgehead atoms. The monoisotopic (exact) mass is 618 g/mol. The van der Waals surface area contributed by atoms with Gasteiger partial charge in [0, 0.05) is 25.7 Å². The summed E-state index contributed by atoms with van der Waals surface area (Å²) in [6.45, 7) is -0.972. The molecule has 0 saturated carbocycles. The molecule has 0 fully saturated rings. The van der Waals surface area contributed by atoms with Crippen molar-refractivity contribution >= 4 is 20.6 Å². The van der Waals surface area contributed by atoms with Crippen molar-refractivity contribution in [1.82, 2.24) is 0 Å². The van der Waals surface area contributed by atoms with Crippen LogP contribution in [0.3, 0.4) is 0 Å². The predicted octanol–water partition coefficient (Wildman–Crippen LogP) is 3.80. The second-order valence-corrected chi connectivity index (χ2v) is 11.4. The third kappa shape index (κ3) is 6.21. The van der Waals surface area contributed by atoms with Gasteiger partial charge in [0.05, 0.1) is 6.61 Å². The minimum atomic E-state index is -2.74. The lowest BCUT2D eigenvalue weighted by Gasteiger charge is -2.57. The van der Waals surface area contributed by atoms with E-state index in [4.69, 9.17) is 0 Å². The highest BCUT2D eigenvalue weighted by molar-refractivity contribution is 9.18. The zero-order valence-electron chi connectivity index (χ0n) is 22.6. The molecule has 41 heavy (non-hydrogen) atoms. The van der Waals surface area contributed by atoms with Crippen LogP contribution in [0.2, 0.25) is 0 Å². The molecule has 214 valence electrons. The first-order valence-electron chi connectivity index (χ1n) is 13.4. The van der Waals surface area contributed by atoms with Crippen LogP contribution in [0.5, 0.6) is 0 Å². The fourth-order valence-corrected chi connectivity index (χ4v) is 6.12. The van der Waals surface area contributed by atoms with Gasteiger partial charge >= 0.3 is 0 Å². The first-order valence-corrected chi connectivity index (χ1v) is 14.2. The van der Waals surface area contributed by atoms with Crippen molar-refractivity contribution < 1.29 is 30.3 Å². The summed E-state index contributed by atoms with van der Waals surface area (Å²) in [6.07, 6.45) is -1.47. The number of aliphatic hydroxyl groups is 5. The second-order valence-electron chi connectivity index (χ2n) is 10.7. The predicted molar refractivity (Wildman–Crippen MR) is 161 cm³/mol. The van der Waals surface area contributed by atoms with Gasteiger partial charge < -0.3 is 25.5 Å². The lowest BCUT2D eigenvalue weighted by atomic mass is 9.57. The van der Waals surface area contributed by atoms with Crippen LogP contribution in [0.4, 0.5) is 0 Å². The van der Waals surface area contributed by atoms with E-state index in [2.05, 4.69) is 15.9 Å². The first kappa shape index (κ1) is 30.8. The molecule has 5 N–H and O–H groups in total. The normalized spacial score (nSPS) is 17.4. The zero-order valence-corrected chi connectivity index (χ0v) is 24.2. The maximum atomic E-state index is 13.4. The number of benzene rings is 4.